The Hall–Kier alpha value is 0.690. The zero-order valence-electron chi connectivity index (χ0n) is 9.75. The smallest absolute Gasteiger partial charge is 0.0669 e. The highest BCUT2D eigenvalue weighted by molar-refractivity contribution is 14.1. The summed E-state index contributed by atoms with van der Waals surface area (Å²) >= 11 is 2.46. The van der Waals surface area contributed by atoms with Crippen molar-refractivity contribution in [1.29, 1.82) is 0 Å². The Morgan fingerprint density at radius 1 is 1.13 bits per heavy atom. The van der Waals surface area contributed by atoms with Gasteiger partial charge in [0.2, 0.25) is 0 Å². The van der Waals surface area contributed by atoms with Gasteiger partial charge in [0.05, 0.1) is 12.2 Å². The molecule has 2 fully saturated rings. The van der Waals surface area contributed by atoms with Crippen molar-refractivity contribution < 1.29 is 4.74 Å². The largest absolute Gasteiger partial charge is 0.374 e. The highest BCUT2D eigenvalue weighted by Gasteiger charge is 2.36. The lowest BCUT2D eigenvalue weighted by atomic mass is 9.74. The first kappa shape index (κ1) is 12.2. The molecule has 2 rings (SSSR count). The molecule has 2 heteroatoms. The van der Waals surface area contributed by atoms with Crippen LogP contribution in [-0.2, 0) is 4.74 Å². The van der Waals surface area contributed by atoms with Crippen molar-refractivity contribution in [3.8, 4) is 0 Å². The van der Waals surface area contributed by atoms with Crippen molar-refractivity contribution in [2.24, 2.45) is 11.8 Å². The summed E-state index contributed by atoms with van der Waals surface area (Å²) in [6.07, 6.45) is 10.9. The first-order chi connectivity index (χ1) is 7.35. The fourth-order valence-electron chi connectivity index (χ4n) is 3.39. The Labute approximate surface area is 107 Å². The van der Waals surface area contributed by atoms with E-state index in [0.29, 0.717) is 12.2 Å². The van der Waals surface area contributed by atoms with Gasteiger partial charge in [-0.25, -0.2) is 0 Å². The van der Waals surface area contributed by atoms with Crippen LogP contribution in [-0.4, -0.2) is 16.6 Å². The molecule has 4 atom stereocenters. The van der Waals surface area contributed by atoms with E-state index in [9.17, 15) is 0 Å². The maximum atomic E-state index is 6.17. The van der Waals surface area contributed by atoms with Gasteiger partial charge in [0.15, 0.2) is 0 Å². The molecule has 88 valence electrons. The average Bonchev–Trinajstić information content (AvgIpc) is 2.77. The molecule has 0 bridgehead atoms. The van der Waals surface area contributed by atoms with Gasteiger partial charge in [-0.15, -0.1) is 0 Å². The van der Waals surface area contributed by atoms with Crippen molar-refractivity contribution in [3.63, 3.8) is 0 Å². The first-order valence-electron chi connectivity index (χ1n) is 6.56. The van der Waals surface area contributed by atoms with Gasteiger partial charge in [-0.05, 0) is 31.1 Å². The van der Waals surface area contributed by atoms with Gasteiger partial charge in [-0.3, -0.25) is 0 Å². The Bertz CT molecular complexity index is 195. The SMILES string of the molecule is CCC1CCCCC1C1CCC(CI)O1. The molecule has 2 aliphatic rings. The molecule has 0 aromatic rings. The third-order valence-corrected chi connectivity index (χ3v) is 5.26. The highest BCUT2D eigenvalue weighted by atomic mass is 127. The summed E-state index contributed by atoms with van der Waals surface area (Å²) in [7, 11) is 0. The van der Waals surface area contributed by atoms with Crippen LogP contribution in [0.3, 0.4) is 0 Å². The molecular formula is C13H23IO. The van der Waals surface area contributed by atoms with E-state index in [4.69, 9.17) is 4.74 Å². The van der Waals surface area contributed by atoms with E-state index in [0.717, 1.165) is 11.8 Å². The molecule has 0 radical (unpaired) electrons. The molecule has 0 amide bonds. The standard InChI is InChI=1S/C13H23IO/c1-2-10-5-3-4-6-12(10)13-8-7-11(9-14)15-13/h10-13H,2-9H2,1H3. The third kappa shape index (κ3) is 2.87. The van der Waals surface area contributed by atoms with E-state index in [1.165, 1.54) is 49.4 Å². The van der Waals surface area contributed by atoms with Crippen molar-refractivity contribution >= 4 is 22.6 Å². The van der Waals surface area contributed by atoms with Gasteiger partial charge >= 0.3 is 0 Å². The second-order valence-corrected chi connectivity index (χ2v) is 6.03. The van der Waals surface area contributed by atoms with E-state index in [-0.39, 0.29) is 0 Å². The molecule has 0 spiro atoms. The lowest BCUT2D eigenvalue weighted by Crippen LogP contribution is -2.31. The molecular weight excluding hydrogens is 299 g/mol. The van der Waals surface area contributed by atoms with Gasteiger partial charge in [-0.2, -0.15) is 0 Å². The summed E-state index contributed by atoms with van der Waals surface area (Å²) in [5.74, 6) is 1.84. The van der Waals surface area contributed by atoms with Crippen LogP contribution in [0.15, 0.2) is 0 Å². The van der Waals surface area contributed by atoms with Gasteiger partial charge in [0.1, 0.15) is 0 Å². The highest BCUT2D eigenvalue weighted by Crippen LogP contribution is 2.40. The van der Waals surface area contributed by atoms with Gasteiger partial charge < -0.3 is 4.74 Å². The molecule has 1 nitrogen and oxygen atoms in total. The molecule has 1 saturated carbocycles. The molecule has 0 N–H and O–H groups in total. The van der Waals surface area contributed by atoms with Crippen LogP contribution in [0.25, 0.3) is 0 Å². The van der Waals surface area contributed by atoms with Crippen molar-refractivity contribution in [2.45, 2.75) is 64.1 Å². The van der Waals surface area contributed by atoms with Crippen molar-refractivity contribution in [2.75, 3.05) is 4.43 Å². The minimum atomic E-state index is 0.565. The predicted molar refractivity (Wildman–Crippen MR) is 72.5 cm³/mol. The summed E-state index contributed by atoms with van der Waals surface area (Å²) < 4.78 is 7.35. The quantitative estimate of drug-likeness (QED) is 0.559. The normalized spacial score (nSPS) is 42.0. The van der Waals surface area contributed by atoms with Crippen LogP contribution in [0, 0.1) is 11.8 Å². The summed E-state index contributed by atoms with van der Waals surface area (Å²) in [4.78, 5) is 0. The maximum Gasteiger partial charge on any atom is 0.0669 e. The van der Waals surface area contributed by atoms with Crippen LogP contribution in [0.1, 0.15) is 51.9 Å². The minimum absolute atomic E-state index is 0.565. The lowest BCUT2D eigenvalue weighted by Gasteiger charge is -2.34. The second kappa shape index (κ2) is 5.85. The molecule has 4 unspecified atom stereocenters. The summed E-state index contributed by atoms with van der Waals surface area (Å²) in [6.45, 7) is 2.35. The zero-order chi connectivity index (χ0) is 10.7. The Balaban J connectivity index is 1.90. The predicted octanol–water partition coefficient (Wildman–Crippen LogP) is 4.19. The molecule has 0 aromatic heterocycles. The molecule has 1 saturated heterocycles. The van der Waals surface area contributed by atoms with Crippen molar-refractivity contribution in [1.82, 2.24) is 0 Å². The average molecular weight is 322 g/mol. The number of alkyl halides is 1. The van der Waals surface area contributed by atoms with Gasteiger partial charge in [0.25, 0.3) is 0 Å². The van der Waals surface area contributed by atoms with E-state index in [1.54, 1.807) is 0 Å². The zero-order valence-corrected chi connectivity index (χ0v) is 11.9. The number of ether oxygens (including phenoxy) is 1. The van der Waals surface area contributed by atoms with Crippen LogP contribution in [0.5, 0.6) is 0 Å². The topological polar surface area (TPSA) is 9.23 Å². The fraction of sp³-hybridized carbons (Fsp3) is 1.00. The summed E-state index contributed by atoms with van der Waals surface area (Å²) in [5.41, 5.74) is 0. The van der Waals surface area contributed by atoms with E-state index >= 15 is 0 Å². The second-order valence-electron chi connectivity index (χ2n) is 5.14. The molecule has 1 aliphatic heterocycles. The van der Waals surface area contributed by atoms with Gasteiger partial charge in [0, 0.05) is 4.43 Å². The number of hydrogen-bond acceptors (Lipinski definition) is 1. The van der Waals surface area contributed by atoms with Crippen LogP contribution in [0.4, 0.5) is 0 Å². The Kier molecular flexibility index (Phi) is 4.74. The minimum Gasteiger partial charge on any atom is -0.374 e. The molecule has 0 aromatic carbocycles. The lowest BCUT2D eigenvalue weighted by molar-refractivity contribution is -0.0102. The van der Waals surface area contributed by atoms with E-state index < -0.39 is 0 Å². The molecule has 1 aliphatic carbocycles. The molecule has 1 heterocycles. The van der Waals surface area contributed by atoms with Crippen LogP contribution in [0.2, 0.25) is 0 Å². The first-order valence-corrected chi connectivity index (χ1v) is 8.09. The number of hydrogen-bond donors (Lipinski definition) is 0. The monoisotopic (exact) mass is 322 g/mol. The van der Waals surface area contributed by atoms with E-state index in [1.807, 2.05) is 0 Å². The third-order valence-electron chi connectivity index (χ3n) is 4.28. The van der Waals surface area contributed by atoms with Crippen LogP contribution >= 0.6 is 22.6 Å². The summed E-state index contributed by atoms with van der Waals surface area (Å²) in [6, 6.07) is 0. The van der Waals surface area contributed by atoms with Gasteiger partial charge in [-0.1, -0.05) is 55.2 Å². The number of rotatable bonds is 3. The summed E-state index contributed by atoms with van der Waals surface area (Å²) in [5, 5.41) is 0. The fourth-order valence-corrected chi connectivity index (χ4v) is 4.04. The van der Waals surface area contributed by atoms with Crippen LogP contribution < -0.4 is 0 Å². The maximum absolute atomic E-state index is 6.17. The molecule has 15 heavy (non-hydrogen) atoms. The Morgan fingerprint density at radius 2 is 1.93 bits per heavy atom. The van der Waals surface area contributed by atoms with E-state index in [2.05, 4.69) is 29.5 Å². The van der Waals surface area contributed by atoms with Crippen molar-refractivity contribution in [3.05, 3.63) is 0 Å². The number of halogens is 1. The Morgan fingerprint density at radius 3 is 2.60 bits per heavy atom.